The highest BCUT2D eigenvalue weighted by Crippen LogP contribution is 2.32. The Bertz CT molecular complexity index is 924. The fourth-order valence-electron chi connectivity index (χ4n) is 2.71. The van der Waals surface area contributed by atoms with Crippen LogP contribution in [0.4, 0.5) is 24.5 Å². The Balaban J connectivity index is 2.57. The minimum absolute atomic E-state index is 0.0552. The van der Waals surface area contributed by atoms with Crippen molar-refractivity contribution in [2.45, 2.75) is 33.0 Å². The lowest BCUT2D eigenvalue weighted by molar-refractivity contribution is -0.384. The third kappa shape index (κ3) is 4.79. The van der Waals surface area contributed by atoms with Gasteiger partial charge in [0, 0.05) is 29.3 Å². The number of alkyl halides is 3. The molecular weight excluding hydrogens is 389 g/mol. The largest absolute Gasteiger partial charge is 0.471 e. The lowest BCUT2D eigenvalue weighted by Crippen LogP contribution is -2.48. The predicted molar refractivity (Wildman–Crippen MR) is 101 cm³/mol. The molecule has 154 valence electrons. The molecule has 0 saturated heterocycles. The van der Waals surface area contributed by atoms with Crippen LogP contribution in [0, 0.1) is 16.0 Å². The molecule has 0 N–H and O–H groups in total. The average molecular weight is 408 g/mol. The Hall–Kier alpha value is -3.23. The Morgan fingerprint density at radius 3 is 2.03 bits per heavy atom. The fourth-order valence-corrected chi connectivity index (χ4v) is 2.71. The van der Waals surface area contributed by atoms with Gasteiger partial charge in [-0.1, -0.05) is 26.0 Å². The predicted octanol–water partition coefficient (Wildman–Crippen LogP) is 4.77. The highest BCUT2D eigenvalue weighted by molar-refractivity contribution is 6.14. The number of nitro benzene ring substituents is 1. The zero-order valence-corrected chi connectivity index (χ0v) is 15.9. The molecule has 0 fully saturated rings. The van der Waals surface area contributed by atoms with E-state index < -0.39 is 28.8 Å². The molecular formula is C20H19F3N2O4. The molecule has 0 aliphatic carbocycles. The second-order valence-electron chi connectivity index (χ2n) is 6.81. The van der Waals surface area contributed by atoms with Crippen LogP contribution in [0.3, 0.4) is 0 Å². The van der Waals surface area contributed by atoms with Crippen LogP contribution < -0.4 is 4.90 Å². The Morgan fingerprint density at radius 1 is 1.00 bits per heavy atom. The van der Waals surface area contributed by atoms with Gasteiger partial charge in [0.1, 0.15) is 0 Å². The first-order valence-electron chi connectivity index (χ1n) is 8.73. The molecule has 0 radical (unpaired) electrons. The van der Waals surface area contributed by atoms with E-state index in [9.17, 15) is 32.9 Å². The van der Waals surface area contributed by atoms with Gasteiger partial charge < -0.3 is 4.90 Å². The molecule has 0 spiro atoms. The number of para-hydroxylation sites is 1. The highest BCUT2D eigenvalue weighted by atomic mass is 19.4. The van der Waals surface area contributed by atoms with Crippen LogP contribution in [0.15, 0.2) is 48.5 Å². The van der Waals surface area contributed by atoms with Crippen molar-refractivity contribution in [3.63, 3.8) is 0 Å². The number of hydrogen-bond donors (Lipinski definition) is 0. The van der Waals surface area contributed by atoms with E-state index in [-0.39, 0.29) is 28.4 Å². The summed E-state index contributed by atoms with van der Waals surface area (Å²) in [6.45, 7) is 4.81. The van der Waals surface area contributed by atoms with E-state index in [1.54, 1.807) is 13.8 Å². The van der Waals surface area contributed by atoms with Crippen molar-refractivity contribution in [2.24, 2.45) is 5.92 Å². The van der Waals surface area contributed by atoms with Gasteiger partial charge in [0.25, 0.3) is 5.69 Å². The number of nitro groups is 1. The second kappa shape index (κ2) is 8.42. The van der Waals surface area contributed by atoms with E-state index in [0.717, 1.165) is 12.1 Å². The van der Waals surface area contributed by atoms with Crippen LogP contribution in [-0.4, -0.2) is 28.8 Å². The number of rotatable bonds is 6. The minimum atomic E-state index is -5.12. The molecule has 0 bridgehead atoms. The second-order valence-corrected chi connectivity index (χ2v) is 6.81. The molecule has 29 heavy (non-hydrogen) atoms. The molecule has 9 heteroatoms. The first-order chi connectivity index (χ1) is 13.4. The molecule has 1 amide bonds. The topological polar surface area (TPSA) is 80.5 Å². The van der Waals surface area contributed by atoms with Gasteiger partial charge in [0.05, 0.1) is 10.6 Å². The first kappa shape index (κ1) is 22.1. The van der Waals surface area contributed by atoms with Crippen molar-refractivity contribution < 1.29 is 27.7 Å². The molecule has 2 aromatic carbocycles. The number of amides is 1. The van der Waals surface area contributed by atoms with Gasteiger partial charge in [-0.05, 0) is 37.1 Å². The Kier molecular flexibility index (Phi) is 6.41. The van der Waals surface area contributed by atoms with Gasteiger partial charge in [-0.15, -0.1) is 0 Å². The quantitative estimate of drug-likeness (QED) is 0.392. The number of hydrogen-bond acceptors (Lipinski definition) is 4. The van der Waals surface area contributed by atoms with Gasteiger partial charge in [-0.25, -0.2) is 0 Å². The summed E-state index contributed by atoms with van der Waals surface area (Å²) in [6, 6.07) is 9.37. The molecule has 0 aromatic heterocycles. The zero-order chi connectivity index (χ0) is 21.9. The number of halogens is 3. The number of non-ortho nitro benzene ring substituents is 1. The molecule has 0 heterocycles. The maximum Gasteiger partial charge on any atom is 0.471 e. The highest BCUT2D eigenvalue weighted by Gasteiger charge is 2.45. The van der Waals surface area contributed by atoms with Crippen molar-refractivity contribution in [2.75, 3.05) is 4.90 Å². The normalized spacial score (nSPS) is 12.5. The van der Waals surface area contributed by atoms with E-state index in [4.69, 9.17) is 0 Å². The van der Waals surface area contributed by atoms with Crippen LogP contribution in [0.2, 0.25) is 0 Å². The molecule has 0 aliphatic heterocycles. The van der Waals surface area contributed by atoms with E-state index in [1.165, 1.54) is 43.3 Å². The van der Waals surface area contributed by atoms with Gasteiger partial charge >= 0.3 is 12.1 Å². The maximum absolute atomic E-state index is 13.2. The molecule has 6 nitrogen and oxygen atoms in total. The van der Waals surface area contributed by atoms with E-state index in [0.29, 0.717) is 4.90 Å². The van der Waals surface area contributed by atoms with E-state index >= 15 is 0 Å². The van der Waals surface area contributed by atoms with Gasteiger partial charge in [0.15, 0.2) is 5.78 Å². The summed E-state index contributed by atoms with van der Waals surface area (Å²) in [6.07, 6.45) is -5.12. The summed E-state index contributed by atoms with van der Waals surface area (Å²) in [5.74, 6) is -3.03. The van der Waals surface area contributed by atoms with Crippen LogP contribution in [0.25, 0.3) is 0 Å². The number of carbonyl (C=O) groups excluding carboxylic acids is 2. The van der Waals surface area contributed by atoms with Crippen LogP contribution >= 0.6 is 0 Å². The van der Waals surface area contributed by atoms with E-state index in [2.05, 4.69) is 0 Å². The lowest BCUT2D eigenvalue weighted by atomic mass is 9.97. The average Bonchev–Trinajstić information content (AvgIpc) is 2.67. The van der Waals surface area contributed by atoms with Crippen molar-refractivity contribution in [3.8, 4) is 0 Å². The van der Waals surface area contributed by atoms with Crippen LogP contribution in [0.5, 0.6) is 0 Å². The fraction of sp³-hybridized carbons (Fsp3) is 0.300. The van der Waals surface area contributed by atoms with Crippen molar-refractivity contribution in [3.05, 3.63) is 69.8 Å². The Labute approximate surface area is 165 Å². The minimum Gasteiger partial charge on any atom is -0.301 e. The lowest BCUT2D eigenvalue weighted by Gasteiger charge is -2.33. The number of nitrogens with zero attached hydrogens (tertiary/aromatic N) is 2. The standard InChI is InChI=1S/C20H19F3N2O4/c1-12(2)13(3)24(19(27)20(21,22)23)17-7-5-4-6-16(17)18(26)14-8-10-15(11-9-14)25(28)29/h4-13H,1-3H3. The maximum atomic E-state index is 13.2. The number of carbonyl (C=O) groups is 2. The summed E-state index contributed by atoms with van der Waals surface area (Å²) in [7, 11) is 0. The molecule has 2 aromatic rings. The summed E-state index contributed by atoms with van der Waals surface area (Å²) in [4.78, 5) is 35.8. The van der Waals surface area contributed by atoms with Crippen molar-refractivity contribution >= 4 is 23.1 Å². The van der Waals surface area contributed by atoms with Crippen molar-refractivity contribution in [1.82, 2.24) is 0 Å². The zero-order valence-electron chi connectivity index (χ0n) is 15.9. The number of benzene rings is 2. The third-order valence-corrected chi connectivity index (χ3v) is 4.58. The first-order valence-corrected chi connectivity index (χ1v) is 8.73. The third-order valence-electron chi connectivity index (χ3n) is 4.58. The summed E-state index contributed by atoms with van der Waals surface area (Å²) < 4.78 is 39.7. The summed E-state index contributed by atoms with van der Waals surface area (Å²) >= 11 is 0. The summed E-state index contributed by atoms with van der Waals surface area (Å²) in [5.41, 5.74) is -0.442. The number of ketones is 1. The van der Waals surface area contributed by atoms with Gasteiger partial charge in [0.2, 0.25) is 0 Å². The smallest absolute Gasteiger partial charge is 0.301 e. The van der Waals surface area contributed by atoms with Gasteiger partial charge in [-0.3, -0.25) is 19.7 Å². The molecule has 1 unspecified atom stereocenters. The summed E-state index contributed by atoms with van der Waals surface area (Å²) in [5, 5.41) is 10.8. The van der Waals surface area contributed by atoms with Crippen LogP contribution in [-0.2, 0) is 4.79 Å². The van der Waals surface area contributed by atoms with E-state index in [1.807, 2.05) is 0 Å². The SMILES string of the molecule is CC(C)C(C)N(C(=O)C(F)(F)F)c1ccccc1C(=O)c1ccc([N+](=O)[O-])cc1. The molecule has 0 saturated carbocycles. The molecule has 2 rings (SSSR count). The van der Waals surface area contributed by atoms with Gasteiger partial charge in [-0.2, -0.15) is 13.2 Å². The molecule has 1 atom stereocenters. The number of anilines is 1. The van der Waals surface area contributed by atoms with Crippen LogP contribution in [0.1, 0.15) is 36.7 Å². The monoisotopic (exact) mass is 408 g/mol. The Morgan fingerprint density at radius 2 is 1.55 bits per heavy atom. The van der Waals surface area contributed by atoms with Crippen molar-refractivity contribution in [1.29, 1.82) is 0 Å². The molecule has 0 aliphatic rings.